The zero-order valence-electron chi connectivity index (χ0n) is 25.8. The van der Waals surface area contributed by atoms with Crippen molar-refractivity contribution in [1.29, 1.82) is 0 Å². The quantitative estimate of drug-likeness (QED) is 0.315. The minimum Gasteiger partial charge on any atom is -0.497 e. The van der Waals surface area contributed by atoms with Crippen LogP contribution in [-0.2, 0) is 9.84 Å². The molecule has 0 radical (unpaired) electrons. The van der Waals surface area contributed by atoms with Crippen LogP contribution < -0.4 is 14.2 Å². The number of hydrogen-bond donors (Lipinski definition) is 0. The minimum absolute atomic E-state index is 0.0525. The Labute approximate surface area is 265 Å². The molecule has 5 rings (SSSR count). The van der Waals surface area contributed by atoms with Gasteiger partial charge in [-0.2, -0.15) is 13.2 Å². The standard InChI is InChI=1S/C13H14F3NO2.C11H12FNO2.C8H10O3S/c1-9-6-17(7-9)12(18)10-3-2-4-11(5-10)19-8-13(14,15)16;1-15-10-4-2-3-8(5-10)11(14)13-6-9(12)7-13;1-11-7-4-3-5-8(6-7)12(2,9)10/h2-5,9H,6-8H2,1H3;2-5,9H,6-7H2,1H3;3-6H,1-2H3. The molecule has 2 fully saturated rings. The van der Waals surface area contributed by atoms with Crippen LogP contribution in [-0.4, -0.2) is 95.6 Å². The van der Waals surface area contributed by atoms with Crippen molar-refractivity contribution in [2.75, 3.05) is 53.3 Å². The number of likely N-dealkylation sites (tertiary alicyclic amines) is 2. The summed E-state index contributed by atoms with van der Waals surface area (Å²) in [7, 11) is -0.0676. The number of carbonyl (C=O) groups is 2. The lowest BCUT2D eigenvalue weighted by Gasteiger charge is -2.37. The zero-order chi connectivity index (χ0) is 34.1. The molecule has 0 saturated carbocycles. The van der Waals surface area contributed by atoms with Gasteiger partial charge in [0.05, 0.1) is 32.2 Å². The van der Waals surface area contributed by atoms with Gasteiger partial charge in [0.15, 0.2) is 16.4 Å². The van der Waals surface area contributed by atoms with E-state index < -0.39 is 28.8 Å². The summed E-state index contributed by atoms with van der Waals surface area (Å²) in [6.07, 6.45) is -4.08. The van der Waals surface area contributed by atoms with Gasteiger partial charge in [-0.25, -0.2) is 12.8 Å². The Kier molecular flexibility index (Phi) is 12.4. The van der Waals surface area contributed by atoms with Crippen LogP contribution in [0.1, 0.15) is 27.6 Å². The van der Waals surface area contributed by atoms with Crippen LogP contribution in [0.3, 0.4) is 0 Å². The SMILES string of the molecule is CC1CN(C(=O)c2cccc(OCC(F)(F)F)c2)C1.COc1cccc(C(=O)N2CC(F)C2)c1.COc1cccc(S(C)(=O)=O)c1. The highest BCUT2D eigenvalue weighted by Gasteiger charge is 2.31. The Morgan fingerprint density at radius 1 is 0.783 bits per heavy atom. The van der Waals surface area contributed by atoms with E-state index in [-0.39, 0.29) is 35.5 Å². The zero-order valence-corrected chi connectivity index (χ0v) is 26.6. The molecule has 0 bridgehead atoms. The number of methoxy groups -OCH3 is 2. The molecule has 0 unspecified atom stereocenters. The van der Waals surface area contributed by atoms with Crippen molar-refractivity contribution in [3.8, 4) is 17.2 Å². The average molecular weight is 669 g/mol. The van der Waals surface area contributed by atoms with Crippen LogP contribution in [0.4, 0.5) is 17.6 Å². The van der Waals surface area contributed by atoms with Gasteiger partial charge in [0.2, 0.25) is 0 Å². The highest BCUT2D eigenvalue weighted by Crippen LogP contribution is 2.23. The fourth-order valence-electron chi connectivity index (χ4n) is 4.29. The monoisotopic (exact) mass is 668 g/mol. The van der Waals surface area contributed by atoms with Gasteiger partial charge >= 0.3 is 6.18 Å². The molecule has 3 aromatic carbocycles. The van der Waals surface area contributed by atoms with Crippen molar-refractivity contribution in [2.45, 2.75) is 24.2 Å². The lowest BCUT2D eigenvalue weighted by Crippen LogP contribution is -2.51. The first-order valence-electron chi connectivity index (χ1n) is 14.1. The second-order valence-electron chi connectivity index (χ2n) is 10.7. The molecule has 2 amide bonds. The van der Waals surface area contributed by atoms with E-state index in [1.165, 1.54) is 48.6 Å². The summed E-state index contributed by atoms with van der Waals surface area (Å²) in [4.78, 5) is 27.1. The second-order valence-corrected chi connectivity index (χ2v) is 12.8. The summed E-state index contributed by atoms with van der Waals surface area (Å²) < 4.78 is 85.3. The predicted molar refractivity (Wildman–Crippen MR) is 163 cm³/mol. The maximum Gasteiger partial charge on any atom is 0.422 e. The van der Waals surface area contributed by atoms with E-state index in [9.17, 15) is 35.6 Å². The smallest absolute Gasteiger partial charge is 0.422 e. The highest BCUT2D eigenvalue weighted by atomic mass is 32.2. The Balaban J connectivity index is 0.000000193. The molecule has 2 aliphatic rings. The Morgan fingerprint density at radius 2 is 1.24 bits per heavy atom. The van der Waals surface area contributed by atoms with Crippen LogP contribution in [0.5, 0.6) is 17.2 Å². The van der Waals surface area contributed by atoms with Gasteiger partial charge in [0.1, 0.15) is 23.4 Å². The third-order valence-corrected chi connectivity index (χ3v) is 7.86. The Morgan fingerprint density at radius 3 is 1.70 bits per heavy atom. The van der Waals surface area contributed by atoms with Gasteiger partial charge in [0.25, 0.3) is 11.8 Å². The molecular formula is C32H36F4N2O7S. The number of nitrogens with zero attached hydrogens (tertiary/aromatic N) is 2. The summed E-state index contributed by atoms with van der Waals surface area (Å²) in [5.74, 6) is 1.42. The van der Waals surface area contributed by atoms with E-state index in [0.29, 0.717) is 41.6 Å². The number of halogens is 4. The topological polar surface area (TPSA) is 102 Å². The summed E-state index contributed by atoms with van der Waals surface area (Å²) >= 11 is 0. The molecular weight excluding hydrogens is 632 g/mol. The summed E-state index contributed by atoms with van der Waals surface area (Å²) in [6.45, 7) is 2.46. The first-order valence-corrected chi connectivity index (χ1v) is 16.0. The largest absolute Gasteiger partial charge is 0.497 e. The molecule has 0 N–H and O–H groups in total. The van der Waals surface area contributed by atoms with E-state index in [0.717, 1.165) is 0 Å². The van der Waals surface area contributed by atoms with Gasteiger partial charge in [0, 0.05) is 30.5 Å². The fraction of sp³-hybridized carbons (Fsp3) is 0.375. The van der Waals surface area contributed by atoms with Crippen molar-refractivity contribution in [3.63, 3.8) is 0 Å². The summed E-state index contributed by atoms with van der Waals surface area (Å²) in [5.41, 5.74) is 0.896. The lowest BCUT2D eigenvalue weighted by atomic mass is 10.0. The number of rotatable bonds is 7. The van der Waals surface area contributed by atoms with Gasteiger partial charge in [-0.15, -0.1) is 0 Å². The van der Waals surface area contributed by atoms with Crippen molar-refractivity contribution >= 4 is 21.7 Å². The molecule has 14 heteroatoms. The molecule has 0 aromatic heterocycles. The number of ether oxygens (including phenoxy) is 3. The van der Waals surface area contributed by atoms with Crippen LogP contribution in [0.15, 0.2) is 77.7 Å². The van der Waals surface area contributed by atoms with Gasteiger partial charge in [-0.05, 0) is 60.5 Å². The molecule has 0 aliphatic carbocycles. The van der Waals surface area contributed by atoms with Crippen molar-refractivity contribution < 1.29 is 49.8 Å². The third-order valence-electron chi connectivity index (χ3n) is 6.75. The Bertz CT molecular complexity index is 1590. The number of sulfone groups is 1. The summed E-state index contributed by atoms with van der Waals surface area (Å²) in [5, 5.41) is 0. The van der Waals surface area contributed by atoms with E-state index in [4.69, 9.17) is 9.47 Å². The molecule has 3 aromatic rings. The van der Waals surface area contributed by atoms with E-state index in [1.54, 1.807) is 54.5 Å². The van der Waals surface area contributed by atoms with E-state index >= 15 is 0 Å². The minimum atomic E-state index is -4.38. The first-order chi connectivity index (χ1) is 21.6. The average Bonchev–Trinajstić information content (AvgIpc) is 3.00. The van der Waals surface area contributed by atoms with Crippen molar-refractivity contribution in [2.24, 2.45) is 5.92 Å². The van der Waals surface area contributed by atoms with E-state index in [1.807, 2.05) is 6.92 Å². The van der Waals surface area contributed by atoms with Crippen LogP contribution in [0, 0.1) is 5.92 Å². The fourth-order valence-corrected chi connectivity index (χ4v) is 4.95. The molecule has 46 heavy (non-hydrogen) atoms. The van der Waals surface area contributed by atoms with Crippen LogP contribution in [0.2, 0.25) is 0 Å². The number of amides is 2. The van der Waals surface area contributed by atoms with Crippen molar-refractivity contribution in [3.05, 3.63) is 83.9 Å². The summed E-state index contributed by atoms with van der Waals surface area (Å²) in [6, 6.07) is 19.1. The molecule has 9 nitrogen and oxygen atoms in total. The molecule has 250 valence electrons. The molecule has 2 heterocycles. The lowest BCUT2D eigenvalue weighted by molar-refractivity contribution is -0.153. The molecule has 2 aliphatic heterocycles. The number of alkyl halides is 4. The third kappa shape index (κ3) is 10.9. The molecule has 0 spiro atoms. The number of carbonyl (C=O) groups excluding carboxylic acids is 2. The second kappa shape index (κ2) is 15.8. The van der Waals surface area contributed by atoms with Crippen LogP contribution >= 0.6 is 0 Å². The number of hydrogen-bond acceptors (Lipinski definition) is 7. The maximum absolute atomic E-state index is 12.6. The van der Waals surface area contributed by atoms with Gasteiger partial charge in [-0.1, -0.05) is 25.1 Å². The molecule has 0 atom stereocenters. The van der Waals surface area contributed by atoms with Crippen LogP contribution in [0.25, 0.3) is 0 Å². The number of benzene rings is 3. The maximum atomic E-state index is 12.6. The first kappa shape index (κ1) is 36.1. The van der Waals surface area contributed by atoms with Gasteiger partial charge in [-0.3, -0.25) is 9.59 Å². The highest BCUT2D eigenvalue weighted by molar-refractivity contribution is 7.90. The van der Waals surface area contributed by atoms with Crippen molar-refractivity contribution in [1.82, 2.24) is 9.80 Å². The molecule has 2 saturated heterocycles. The van der Waals surface area contributed by atoms with Gasteiger partial charge < -0.3 is 24.0 Å². The predicted octanol–water partition coefficient (Wildman–Crippen LogP) is 5.31. The van der Waals surface area contributed by atoms with E-state index in [2.05, 4.69) is 4.74 Å². The Hall–Kier alpha value is -4.33. The normalized spacial score (nSPS) is 14.8.